The van der Waals surface area contributed by atoms with Gasteiger partial charge in [-0.05, 0) is 32.0 Å². The normalized spacial score (nSPS) is 22.8. The summed E-state index contributed by atoms with van der Waals surface area (Å²) >= 11 is 0. The van der Waals surface area contributed by atoms with Gasteiger partial charge < -0.3 is 14.4 Å². The van der Waals surface area contributed by atoms with Crippen LogP contribution in [-0.4, -0.2) is 47.6 Å². The van der Waals surface area contributed by atoms with Crippen molar-refractivity contribution >= 4 is 5.71 Å². The molecule has 2 aromatic rings. The van der Waals surface area contributed by atoms with Crippen molar-refractivity contribution in [1.29, 1.82) is 0 Å². The Kier molecular flexibility index (Phi) is 4.50. The number of para-hydroxylation sites is 2. The monoisotopic (exact) mass is 391 g/mol. The molecule has 5 rings (SSSR count). The third kappa shape index (κ3) is 2.99. The highest BCUT2D eigenvalue weighted by Crippen LogP contribution is 2.50. The zero-order chi connectivity index (χ0) is 20.0. The minimum absolute atomic E-state index is 0.213. The molecule has 0 radical (unpaired) electrons. The summed E-state index contributed by atoms with van der Waals surface area (Å²) in [7, 11) is 1.73. The molecule has 0 bridgehead atoms. The van der Waals surface area contributed by atoms with Crippen molar-refractivity contribution in [1.82, 2.24) is 9.91 Å². The van der Waals surface area contributed by atoms with Crippen molar-refractivity contribution in [3.05, 3.63) is 59.7 Å². The molecule has 152 valence electrons. The summed E-state index contributed by atoms with van der Waals surface area (Å²) in [6, 6.07) is 17.4. The van der Waals surface area contributed by atoms with E-state index < -0.39 is 0 Å². The van der Waals surface area contributed by atoms with Crippen molar-refractivity contribution in [3.63, 3.8) is 0 Å². The van der Waals surface area contributed by atoms with E-state index in [2.05, 4.69) is 60.2 Å². The number of likely N-dealkylation sites (tertiary alicyclic amines) is 1. The van der Waals surface area contributed by atoms with E-state index in [1.165, 1.54) is 5.56 Å². The lowest BCUT2D eigenvalue weighted by atomic mass is 9.90. The molecule has 1 fully saturated rings. The summed E-state index contributed by atoms with van der Waals surface area (Å²) in [5.41, 5.74) is 3.03. The number of hydrogen-bond donors (Lipinski definition) is 0. The van der Waals surface area contributed by atoms with Gasteiger partial charge in [0.25, 0.3) is 0 Å². The second kappa shape index (κ2) is 7.06. The Labute approximate surface area is 172 Å². The Hall–Kier alpha value is -2.53. The molecule has 5 heteroatoms. The molecule has 29 heavy (non-hydrogen) atoms. The highest BCUT2D eigenvalue weighted by molar-refractivity contribution is 6.04. The Balaban J connectivity index is 1.55. The van der Waals surface area contributed by atoms with Gasteiger partial charge in [0.2, 0.25) is 5.72 Å². The van der Waals surface area contributed by atoms with Gasteiger partial charge in [-0.3, -0.25) is 0 Å². The molecule has 5 nitrogen and oxygen atoms in total. The molecule has 0 amide bonds. The number of fused-ring (bicyclic) bond motifs is 4. The van der Waals surface area contributed by atoms with Gasteiger partial charge in [-0.2, -0.15) is 5.10 Å². The van der Waals surface area contributed by atoms with Gasteiger partial charge in [0.1, 0.15) is 11.5 Å². The quantitative estimate of drug-likeness (QED) is 0.775. The van der Waals surface area contributed by atoms with Crippen LogP contribution in [0.3, 0.4) is 0 Å². The van der Waals surface area contributed by atoms with Gasteiger partial charge in [0, 0.05) is 49.5 Å². The zero-order valence-corrected chi connectivity index (χ0v) is 17.5. The predicted octanol–water partition coefficient (Wildman–Crippen LogP) is 4.44. The third-order valence-electron chi connectivity index (χ3n) is 6.63. The molecule has 1 spiro atoms. The number of rotatable bonds is 3. The van der Waals surface area contributed by atoms with Crippen molar-refractivity contribution in [2.45, 2.75) is 50.9 Å². The van der Waals surface area contributed by atoms with Gasteiger partial charge in [-0.15, -0.1) is 0 Å². The number of methoxy groups -OCH3 is 1. The van der Waals surface area contributed by atoms with Gasteiger partial charge in [-0.25, -0.2) is 5.01 Å². The zero-order valence-electron chi connectivity index (χ0n) is 17.5. The Bertz CT molecular complexity index is 931. The predicted molar refractivity (Wildman–Crippen MR) is 114 cm³/mol. The van der Waals surface area contributed by atoms with E-state index in [4.69, 9.17) is 14.6 Å². The molecular weight excluding hydrogens is 362 g/mol. The molecular formula is C24H29N3O2. The van der Waals surface area contributed by atoms with Crippen molar-refractivity contribution < 1.29 is 9.47 Å². The second-order valence-electron chi connectivity index (χ2n) is 8.53. The minimum Gasteiger partial charge on any atom is -0.496 e. The molecule has 1 atom stereocenters. The number of hydrogen-bond acceptors (Lipinski definition) is 5. The van der Waals surface area contributed by atoms with Crippen LogP contribution in [0.5, 0.6) is 11.5 Å². The van der Waals surface area contributed by atoms with E-state index in [0.29, 0.717) is 6.04 Å². The Morgan fingerprint density at radius 1 is 1.07 bits per heavy atom. The second-order valence-corrected chi connectivity index (χ2v) is 8.53. The van der Waals surface area contributed by atoms with E-state index in [0.717, 1.165) is 55.1 Å². The fourth-order valence-corrected chi connectivity index (χ4v) is 5.00. The lowest BCUT2D eigenvalue weighted by Crippen LogP contribution is -2.59. The molecule has 0 unspecified atom stereocenters. The SMILES string of the molecule is COc1ccccc1C1=NN2[C@@H](C1)c1ccccc1OC21CCN(C(C)C)CC1. The number of nitrogens with zero attached hydrogens (tertiary/aromatic N) is 3. The molecule has 3 heterocycles. The average Bonchev–Trinajstić information content (AvgIpc) is 3.21. The van der Waals surface area contributed by atoms with Crippen LogP contribution in [0.1, 0.15) is 50.3 Å². The van der Waals surface area contributed by atoms with E-state index in [-0.39, 0.29) is 11.8 Å². The van der Waals surface area contributed by atoms with Crippen molar-refractivity contribution in [2.24, 2.45) is 5.10 Å². The molecule has 0 aromatic heterocycles. The fourth-order valence-electron chi connectivity index (χ4n) is 5.00. The summed E-state index contributed by atoms with van der Waals surface area (Å²) < 4.78 is 12.3. The first kappa shape index (κ1) is 18.5. The van der Waals surface area contributed by atoms with E-state index in [1.807, 2.05) is 12.1 Å². The summed E-state index contributed by atoms with van der Waals surface area (Å²) in [4.78, 5) is 2.53. The highest BCUT2D eigenvalue weighted by atomic mass is 16.5. The topological polar surface area (TPSA) is 37.3 Å². The lowest BCUT2D eigenvalue weighted by Gasteiger charge is -2.51. The van der Waals surface area contributed by atoms with Crippen molar-refractivity contribution in [2.75, 3.05) is 20.2 Å². The molecule has 0 aliphatic carbocycles. The maximum atomic E-state index is 6.70. The summed E-state index contributed by atoms with van der Waals surface area (Å²) in [6.45, 7) is 6.60. The highest BCUT2D eigenvalue weighted by Gasteiger charge is 2.52. The van der Waals surface area contributed by atoms with Crippen LogP contribution in [0, 0.1) is 0 Å². The summed E-state index contributed by atoms with van der Waals surface area (Å²) in [5.74, 6) is 1.90. The molecule has 2 aromatic carbocycles. The number of piperidine rings is 1. The van der Waals surface area contributed by atoms with Gasteiger partial charge in [-0.1, -0.05) is 30.3 Å². The largest absolute Gasteiger partial charge is 0.496 e. The van der Waals surface area contributed by atoms with Crippen LogP contribution in [0.4, 0.5) is 0 Å². The van der Waals surface area contributed by atoms with Crippen LogP contribution in [0.15, 0.2) is 53.6 Å². The van der Waals surface area contributed by atoms with Gasteiger partial charge >= 0.3 is 0 Å². The molecule has 1 saturated heterocycles. The van der Waals surface area contributed by atoms with Gasteiger partial charge in [0.05, 0.1) is 18.9 Å². The van der Waals surface area contributed by atoms with Crippen LogP contribution in [0.25, 0.3) is 0 Å². The third-order valence-corrected chi connectivity index (χ3v) is 6.63. The maximum absolute atomic E-state index is 6.70. The maximum Gasteiger partial charge on any atom is 0.200 e. The first-order valence-corrected chi connectivity index (χ1v) is 10.6. The summed E-state index contributed by atoms with van der Waals surface area (Å²) in [6.07, 6.45) is 2.79. The van der Waals surface area contributed by atoms with Crippen LogP contribution in [0.2, 0.25) is 0 Å². The smallest absolute Gasteiger partial charge is 0.200 e. The Morgan fingerprint density at radius 3 is 2.55 bits per heavy atom. The molecule has 3 aliphatic rings. The molecule has 0 saturated carbocycles. The number of ether oxygens (including phenoxy) is 2. The van der Waals surface area contributed by atoms with Crippen LogP contribution < -0.4 is 9.47 Å². The molecule has 0 N–H and O–H groups in total. The minimum atomic E-state index is -0.367. The first-order chi connectivity index (χ1) is 14.1. The first-order valence-electron chi connectivity index (χ1n) is 10.6. The summed E-state index contributed by atoms with van der Waals surface area (Å²) in [5, 5.41) is 7.43. The van der Waals surface area contributed by atoms with Crippen LogP contribution >= 0.6 is 0 Å². The fraction of sp³-hybridized carbons (Fsp3) is 0.458. The van der Waals surface area contributed by atoms with E-state index in [1.54, 1.807) is 7.11 Å². The standard InChI is InChI=1S/C24H29N3O2/c1-17(2)26-14-12-24(13-15-26)27-21(19-9-5-7-11-23(19)29-24)16-20(25-27)18-8-4-6-10-22(18)28-3/h4-11,17,21H,12-16H2,1-3H3/t21-/m0/s1. The average molecular weight is 392 g/mol. The van der Waals surface area contributed by atoms with Crippen molar-refractivity contribution in [3.8, 4) is 11.5 Å². The van der Waals surface area contributed by atoms with Gasteiger partial charge in [0.15, 0.2) is 0 Å². The van der Waals surface area contributed by atoms with E-state index >= 15 is 0 Å². The molecule has 3 aliphatic heterocycles. The number of benzene rings is 2. The lowest BCUT2D eigenvalue weighted by molar-refractivity contribution is -0.152. The number of hydrazone groups is 1. The Morgan fingerprint density at radius 2 is 1.79 bits per heavy atom. The van der Waals surface area contributed by atoms with E-state index in [9.17, 15) is 0 Å². The van der Waals surface area contributed by atoms with Crippen LogP contribution in [-0.2, 0) is 0 Å².